The summed E-state index contributed by atoms with van der Waals surface area (Å²) >= 11 is 0. The first-order chi connectivity index (χ1) is 21.3. The molecule has 0 aliphatic carbocycles. The van der Waals surface area contributed by atoms with Gasteiger partial charge in [0, 0.05) is 49.1 Å². The highest BCUT2D eigenvalue weighted by atomic mass is 19.1. The molecule has 11 heteroatoms. The Kier molecular flexibility index (Phi) is 6.94. The largest absolute Gasteiger partial charge is 0.508 e. The van der Waals surface area contributed by atoms with E-state index in [1.807, 2.05) is 4.90 Å². The molecule has 2 aromatic heterocycles. The summed E-state index contributed by atoms with van der Waals surface area (Å²) in [5, 5.41) is 20.9. The molecule has 3 aliphatic rings. The van der Waals surface area contributed by atoms with Crippen LogP contribution in [0, 0.1) is 41.2 Å². The molecule has 8 nitrogen and oxygen atoms in total. The van der Waals surface area contributed by atoms with Gasteiger partial charge in [0.1, 0.15) is 41.4 Å². The summed E-state index contributed by atoms with van der Waals surface area (Å²) < 4.78 is 52.0. The van der Waals surface area contributed by atoms with Crippen LogP contribution in [0.3, 0.4) is 0 Å². The SMILES string of the molecule is C#Cc1c(F)ccc2cc(O)cc(-c3ncc4c(N5CCC(C#N)CC5)nc(OCC56CCCN5CC(F)C6)nc4c3F)c12. The minimum atomic E-state index is -0.936. The smallest absolute Gasteiger partial charge is 0.319 e. The molecule has 0 spiro atoms. The summed E-state index contributed by atoms with van der Waals surface area (Å²) in [7, 11) is 0. The van der Waals surface area contributed by atoms with Crippen molar-refractivity contribution in [3.63, 3.8) is 0 Å². The Morgan fingerprint density at radius 1 is 1.16 bits per heavy atom. The molecule has 44 heavy (non-hydrogen) atoms. The molecule has 0 radical (unpaired) electrons. The van der Waals surface area contributed by atoms with Crippen molar-refractivity contribution in [3.05, 3.63) is 47.7 Å². The number of halogens is 3. The predicted octanol–water partition coefficient (Wildman–Crippen LogP) is 5.51. The van der Waals surface area contributed by atoms with Crippen molar-refractivity contribution >= 4 is 27.5 Å². The van der Waals surface area contributed by atoms with E-state index in [4.69, 9.17) is 11.2 Å². The number of ether oxygens (including phenoxy) is 1. The lowest BCUT2D eigenvalue weighted by Crippen LogP contribution is -2.43. The lowest BCUT2D eigenvalue weighted by Gasteiger charge is -2.32. The zero-order valence-corrected chi connectivity index (χ0v) is 23.9. The first-order valence-electron chi connectivity index (χ1n) is 14.7. The van der Waals surface area contributed by atoms with Crippen LogP contribution in [0.25, 0.3) is 32.9 Å². The predicted molar refractivity (Wildman–Crippen MR) is 159 cm³/mol. The standard InChI is InChI=1S/C33H29F3N6O2/c1-2-23-26(35)5-4-20-12-22(43)13-24(27(20)23)29-28(36)30-25(16-38-29)31(41-10-6-19(15-37)7-11-41)40-32(39-30)44-18-33-8-3-9-42(33)17-21(34)14-33/h1,4-5,12-13,16,19,21,43H,3,6-11,14,17-18H2. The maximum Gasteiger partial charge on any atom is 0.319 e. The molecule has 7 rings (SSSR count). The van der Waals surface area contributed by atoms with Crippen LogP contribution in [0.2, 0.25) is 0 Å². The summed E-state index contributed by atoms with van der Waals surface area (Å²) in [5.74, 6) is 1.05. The number of hydrogen-bond donors (Lipinski definition) is 1. The highest BCUT2D eigenvalue weighted by Gasteiger charge is 2.49. The van der Waals surface area contributed by atoms with Crippen LogP contribution in [0.1, 0.15) is 37.7 Å². The van der Waals surface area contributed by atoms with E-state index < -0.39 is 23.3 Å². The van der Waals surface area contributed by atoms with Gasteiger partial charge in [0.15, 0.2) is 5.82 Å². The summed E-state index contributed by atoms with van der Waals surface area (Å²) in [4.78, 5) is 17.7. The topological polar surface area (TPSA) is 98.4 Å². The zero-order valence-electron chi connectivity index (χ0n) is 23.9. The van der Waals surface area contributed by atoms with Gasteiger partial charge in [-0.2, -0.15) is 15.2 Å². The summed E-state index contributed by atoms with van der Waals surface area (Å²) in [5.41, 5.74) is -0.653. The van der Waals surface area contributed by atoms with Gasteiger partial charge >= 0.3 is 6.01 Å². The quantitative estimate of drug-likeness (QED) is 0.301. The van der Waals surface area contributed by atoms with Gasteiger partial charge in [0.05, 0.1) is 22.6 Å². The third-order valence-electron chi connectivity index (χ3n) is 9.30. The van der Waals surface area contributed by atoms with Crippen LogP contribution >= 0.6 is 0 Å². The van der Waals surface area contributed by atoms with E-state index in [0.29, 0.717) is 55.5 Å². The fourth-order valence-corrected chi connectivity index (χ4v) is 7.14. The van der Waals surface area contributed by atoms with Gasteiger partial charge in [0.2, 0.25) is 0 Å². The number of rotatable bonds is 5. The van der Waals surface area contributed by atoms with Crippen molar-refractivity contribution in [1.29, 1.82) is 5.26 Å². The molecule has 2 unspecified atom stereocenters. The van der Waals surface area contributed by atoms with Gasteiger partial charge in [0.25, 0.3) is 0 Å². The fraction of sp³-hybridized carbons (Fsp3) is 0.394. The van der Waals surface area contributed by atoms with E-state index in [-0.39, 0.29) is 52.0 Å². The normalized spacial score (nSPS) is 22.3. The highest BCUT2D eigenvalue weighted by molar-refractivity contribution is 6.03. The number of phenolic OH excluding ortho intramolecular Hbond substituents is 1. The van der Waals surface area contributed by atoms with Crippen LogP contribution in [0.15, 0.2) is 30.5 Å². The molecule has 5 heterocycles. The van der Waals surface area contributed by atoms with Crippen molar-refractivity contribution in [1.82, 2.24) is 19.9 Å². The number of nitriles is 1. The van der Waals surface area contributed by atoms with Crippen molar-refractivity contribution in [2.24, 2.45) is 5.92 Å². The van der Waals surface area contributed by atoms with Gasteiger partial charge in [-0.1, -0.05) is 12.0 Å². The van der Waals surface area contributed by atoms with Crippen LogP contribution in [-0.4, -0.2) is 69.5 Å². The first kappa shape index (κ1) is 28.2. The number of nitrogens with zero attached hydrogens (tertiary/aromatic N) is 6. The Morgan fingerprint density at radius 2 is 1.98 bits per heavy atom. The highest BCUT2D eigenvalue weighted by Crippen LogP contribution is 2.42. The number of aromatic hydroxyl groups is 1. The fourth-order valence-electron chi connectivity index (χ4n) is 7.14. The van der Waals surface area contributed by atoms with E-state index in [9.17, 15) is 19.1 Å². The van der Waals surface area contributed by atoms with E-state index in [1.165, 1.54) is 30.5 Å². The molecule has 1 N–H and O–H groups in total. The maximum absolute atomic E-state index is 16.6. The second-order valence-electron chi connectivity index (χ2n) is 11.9. The van der Waals surface area contributed by atoms with Crippen LogP contribution in [0.5, 0.6) is 11.8 Å². The van der Waals surface area contributed by atoms with Crippen LogP contribution < -0.4 is 9.64 Å². The van der Waals surface area contributed by atoms with Crippen molar-refractivity contribution in [2.75, 3.05) is 37.7 Å². The number of fused-ring (bicyclic) bond motifs is 3. The summed E-state index contributed by atoms with van der Waals surface area (Å²) in [6, 6.07) is 7.64. The Bertz CT molecular complexity index is 1880. The molecule has 224 valence electrons. The Hall–Kier alpha value is -4.61. The number of alkyl halides is 1. The summed E-state index contributed by atoms with van der Waals surface area (Å²) in [6.45, 7) is 2.37. The molecule has 0 amide bonds. The monoisotopic (exact) mass is 598 g/mol. The van der Waals surface area contributed by atoms with E-state index in [2.05, 4.69) is 31.8 Å². The van der Waals surface area contributed by atoms with E-state index in [1.54, 1.807) is 0 Å². The molecule has 3 fully saturated rings. The minimum Gasteiger partial charge on any atom is -0.508 e. The van der Waals surface area contributed by atoms with Gasteiger partial charge in [-0.15, -0.1) is 6.42 Å². The molecular formula is C33H29F3N6O2. The van der Waals surface area contributed by atoms with Crippen molar-refractivity contribution in [3.8, 4) is 41.4 Å². The van der Waals surface area contributed by atoms with Crippen LogP contribution in [-0.2, 0) is 0 Å². The molecule has 0 saturated carbocycles. The third-order valence-corrected chi connectivity index (χ3v) is 9.30. The van der Waals surface area contributed by atoms with Gasteiger partial charge in [-0.05, 0) is 55.8 Å². The molecule has 2 atom stereocenters. The number of phenols is 1. The number of pyridine rings is 1. The Balaban J connectivity index is 1.37. The van der Waals surface area contributed by atoms with Crippen molar-refractivity contribution < 1.29 is 23.0 Å². The van der Waals surface area contributed by atoms with Gasteiger partial charge in [-0.25, -0.2) is 13.2 Å². The number of benzene rings is 2. The van der Waals surface area contributed by atoms with Crippen molar-refractivity contribution in [2.45, 2.75) is 43.8 Å². The van der Waals surface area contributed by atoms with E-state index >= 15 is 4.39 Å². The molecule has 4 aromatic rings. The first-order valence-corrected chi connectivity index (χ1v) is 14.7. The summed E-state index contributed by atoms with van der Waals surface area (Å²) in [6.07, 6.45) is 9.50. The Labute approximate surface area is 252 Å². The van der Waals surface area contributed by atoms with Gasteiger partial charge < -0.3 is 14.7 Å². The lowest BCUT2D eigenvalue weighted by molar-refractivity contribution is 0.107. The van der Waals surface area contributed by atoms with E-state index in [0.717, 1.165) is 19.4 Å². The van der Waals surface area contributed by atoms with Crippen LogP contribution in [0.4, 0.5) is 19.0 Å². The average Bonchev–Trinajstić information content (AvgIpc) is 3.55. The Morgan fingerprint density at radius 3 is 2.75 bits per heavy atom. The third kappa shape index (κ3) is 4.63. The number of terminal acetylenes is 1. The average molecular weight is 599 g/mol. The minimum absolute atomic E-state index is 0.0504. The second kappa shape index (κ2) is 10.8. The molecule has 0 bridgehead atoms. The number of hydrogen-bond acceptors (Lipinski definition) is 8. The second-order valence-corrected chi connectivity index (χ2v) is 11.9. The van der Waals surface area contributed by atoms with Gasteiger partial charge in [-0.3, -0.25) is 9.88 Å². The molecule has 3 saturated heterocycles. The zero-order chi connectivity index (χ0) is 30.6. The lowest BCUT2D eigenvalue weighted by atomic mass is 9.95. The molecular weight excluding hydrogens is 569 g/mol. The molecule has 3 aliphatic heterocycles. The molecule has 2 aromatic carbocycles. The maximum atomic E-state index is 16.6. The number of piperidine rings is 1. The number of anilines is 1. The number of aromatic nitrogens is 3.